The molecule has 4 heterocycles. The lowest BCUT2D eigenvalue weighted by atomic mass is 9.89. The highest BCUT2D eigenvalue weighted by atomic mass is 19.4. The first kappa shape index (κ1) is 27.4. The number of piperidine rings is 1. The largest absolute Gasteiger partial charge is 0.423 e. The summed E-state index contributed by atoms with van der Waals surface area (Å²) in [5.74, 6) is 0.386. The molecule has 2 N–H and O–H groups in total. The van der Waals surface area contributed by atoms with Gasteiger partial charge in [-0.25, -0.2) is 4.98 Å². The van der Waals surface area contributed by atoms with E-state index in [1.807, 2.05) is 41.9 Å². The van der Waals surface area contributed by atoms with Gasteiger partial charge in [0.15, 0.2) is 0 Å². The molecule has 210 valence electrons. The lowest BCUT2D eigenvalue weighted by Gasteiger charge is -2.32. The first-order valence-electron chi connectivity index (χ1n) is 13.0. The van der Waals surface area contributed by atoms with Crippen LogP contribution in [0, 0.1) is 0 Å². The van der Waals surface area contributed by atoms with Crippen LogP contribution in [0.5, 0.6) is 0 Å². The third kappa shape index (κ3) is 5.08. The standard InChI is InChI=1S/C29H31F3N6O2/c1-35(2)27(39)20-6-4-18(5-7-20)19-9-13-37(14-10-19)17-21-16-22-24(8-12-34-26(22)36(21)3)38-15-11-23(33)25(28(38)40)29(30,31)32/h4-8,11-12,15-16,19H,9-10,13-14,17,33H2,1-3H3. The summed E-state index contributed by atoms with van der Waals surface area (Å²) in [7, 11) is 5.34. The van der Waals surface area contributed by atoms with Crippen molar-refractivity contribution in [3.63, 3.8) is 0 Å². The molecule has 1 aliphatic rings. The summed E-state index contributed by atoms with van der Waals surface area (Å²) >= 11 is 0. The van der Waals surface area contributed by atoms with Gasteiger partial charge < -0.3 is 15.2 Å². The molecule has 0 spiro atoms. The summed E-state index contributed by atoms with van der Waals surface area (Å²) in [5, 5.41) is 0.585. The van der Waals surface area contributed by atoms with Crippen molar-refractivity contribution in [3.05, 3.63) is 87.6 Å². The Kier molecular flexibility index (Phi) is 7.17. The van der Waals surface area contributed by atoms with Gasteiger partial charge in [-0.3, -0.25) is 19.1 Å². The van der Waals surface area contributed by atoms with Gasteiger partial charge in [-0.1, -0.05) is 12.1 Å². The number of aryl methyl sites for hydroxylation is 1. The lowest BCUT2D eigenvalue weighted by molar-refractivity contribution is -0.138. The SMILES string of the molecule is CN(C)C(=O)c1ccc(C2CCN(Cc3cc4c(-n5ccc(N)c(C(F)(F)F)c5=O)ccnc4n3C)CC2)cc1. The molecule has 0 atom stereocenters. The maximum atomic E-state index is 13.5. The molecule has 4 aromatic rings. The van der Waals surface area contributed by atoms with E-state index in [1.54, 1.807) is 19.0 Å². The molecule has 5 rings (SSSR count). The zero-order valence-corrected chi connectivity index (χ0v) is 22.6. The summed E-state index contributed by atoms with van der Waals surface area (Å²) in [6.45, 7) is 2.38. The third-order valence-corrected chi connectivity index (χ3v) is 7.68. The highest BCUT2D eigenvalue weighted by Crippen LogP contribution is 2.33. The van der Waals surface area contributed by atoms with Crippen LogP contribution in [-0.4, -0.2) is 57.0 Å². The Labute approximate surface area is 229 Å². The van der Waals surface area contributed by atoms with Crippen LogP contribution < -0.4 is 11.3 Å². The molecule has 1 fully saturated rings. The summed E-state index contributed by atoms with van der Waals surface area (Å²) in [6.07, 6.45) is -0.177. The Hall–Kier alpha value is -4.12. The van der Waals surface area contributed by atoms with Crippen LogP contribution in [0.3, 0.4) is 0 Å². The molecular weight excluding hydrogens is 521 g/mol. The van der Waals surface area contributed by atoms with E-state index in [0.717, 1.165) is 42.3 Å². The van der Waals surface area contributed by atoms with Gasteiger partial charge in [0.1, 0.15) is 11.2 Å². The summed E-state index contributed by atoms with van der Waals surface area (Å²) in [4.78, 5) is 33.3. The third-order valence-electron chi connectivity index (χ3n) is 7.68. The van der Waals surface area contributed by atoms with Crippen molar-refractivity contribution in [2.45, 2.75) is 31.5 Å². The predicted octanol–water partition coefficient (Wildman–Crippen LogP) is 4.41. The Morgan fingerprint density at radius 1 is 1.10 bits per heavy atom. The summed E-state index contributed by atoms with van der Waals surface area (Å²) in [5.41, 5.74) is 6.04. The molecular formula is C29H31F3N6O2. The minimum atomic E-state index is -4.87. The average Bonchev–Trinajstić information content (AvgIpc) is 3.23. The zero-order chi connectivity index (χ0) is 28.8. The Morgan fingerprint density at radius 3 is 2.40 bits per heavy atom. The predicted molar refractivity (Wildman–Crippen MR) is 147 cm³/mol. The smallest absolute Gasteiger partial charge is 0.398 e. The number of amides is 1. The van der Waals surface area contributed by atoms with Crippen LogP contribution in [0.15, 0.2) is 59.7 Å². The van der Waals surface area contributed by atoms with Crippen LogP contribution in [0.2, 0.25) is 0 Å². The molecule has 8 nitrogen and oxygen atoms in total. The monoisotopic (exact) mass is 552 g/mol. The van der Waals surface area contributed by atoms with Crippen LogP contribution in [0.4, 0.5) is 18.9 Å². The Bertz CT molecular complexity index is 1610. The van der Waals surface area contributed by atoms with Crippen LogP contribution >= 0.6 is 0 Å². The van der Waals surface area contributed by atoms with Crippen LogP contribution in [-0.2, 0) is 19.8 Å². The number of likely N-dealkylation sites (tertiary alicyclic amines) is 1. The number of carbonyl (C=O) groups is 1. The minimum Gasteiger partial charge on any atom is -0.398 e. The lowest BCUT2D eigenvalue weighted by Crippen LogP contribution is -2.33. The van der Waals surface area contributed by atoms with Crippen molar-refractivity contribution in [1.29, 1.82) is 0 Å². The van der Waals surface area contributed by atoms with E-state index in [4.69, 9.17) is 5.73 Å². The molecule has 1 aromatic carbocycles. The number of hydrogen-bond donors (Lipinski definition) is 1. The molecule has 0 radical (unpaired) electrons. The Balaban J connectivity index is 1.35. The number of fused-ring (bicyclic) bond motifs is 1. The van der Waals surface area contributed by atoms with E-state index in [2.05, 4.69) is 9.88 Å². The van der Waals surface area contributed by atoms with Crippen LogP contribution in [0.1, 0.15) is 45.9 Å². The molecule has 0 bridgehead atoms. The molecule has 0 aliphatic carbocycles. The summed E-state index contributed by atoms with van der Waals surface area (Å²) < 4.78 is 43.5. The quantitative estimate of drug-likeness (QED) is 0.396. The number of halogens is 3. The molecule has 1 aliphatic heterocycles. The van der Waals surface area contributed by atoms with Gasteiger partial charge in [0, 0.05) is 56.7 Å². The summed E-state index contributed by atoms with van der Waals surface area (Å²) in [6, 6.07) is 12.4. The molecule has 1 saturated heterocycles. The normalized spacial score (nSPS) is 15.1. The van der Waals surface area contributed by atoms with Crippen molar-refractivity contribution in [2.75, 3.05) is 32.9 Å². The number of nitrogens with zero attached hydrogens (tertiary/aromatic N) is 5. The first-order chi connectivity index (χ1) is 19.0. The van der Waals surface area contributed by atoms with Gasteiger partial charge in [0.05, 0.1) is 11.4 Å². The van der Waals surface area contributed by atoms with Crippen LogP contribution in [0.25, 0.3) is 16.7 Å². The highest BCUT2D eigenvalue weighted by Gasteiger charge is 2.37. The number of alkyl halides is 3. The maximum absolute atomic E-state index is 13.5. The number of rotatable bonds is 5. The topological polar surface area (TPSA) is 89.4 Å². The fraction of sp³-hybridized carbons (Fsp3) is 0.345. The molecule has 40 heavy (non-hydrogen) atoms. The zero-order valence-electron chi connectivity index (χ0n) is 22.6. The van der Waals surface area contributed by atoms with Gasteiger partial charge in [-0.05, 0) is 67.7 Å². The van der Waals surface area contributed by atoms with E-state index < -0.39 is 23.0 Å². The van der Waals surface area contributed by atoms with Crippen molar-refractivity contribution < 1.29 is 18.0 Å². The van der Waals surface area contributed by atoms with Gasteiger partial charge >= 0.3 is 6.18 Å². The number of anilines is 1. The van der Waals surface area contributed by atoms with E-state index >= 15 is 0 Å². The minimum absolute atomic E-state index is 0.0176. The number of pyridine rings is 2. The van der Waals surface area contributed by atoms with E-state index in [9.17, 15) is 22.8 Å². The number of nitrogens with two attached hydrogens (primary N) is 1. The molecule has 1 amide bonds. The maximum Gasteiger partial charge on any atom is 0.423 e. The second kappa shape index (κ2) is 10.5. The Morgan fingerprint density at radius 2 is 1.77 bits per heavy atom. The van der Waals surface area contributed by atoms with E-state index in [1.165, 1.54) is 24.0 Å². The molecule has 0 saturated carbocycles. The average molecular weight is 553 g/mol. The first-order valence-corrected chi connectivity index (χ1v) is 13.0. The van der Waals surface area contributed by atoms with Crippen molar-refractivity contribution in [1.82, 2.24) is 23.9 Å². The second-order valence-electron chi connectivity index (χ2n) is 10.5. The molecule has 11 heteroatoms. The highest BCUT2D eigenvalue weighted by molar-refractivity contribution is 5.93. The van der Waals surface area contributed by atoms with Crippen molar-refractivity contribution >= 4 is 22.6 Å². The van der Waals surface area contributed by atoms with Gasteiger partial charge in [0.2, 0.25) is 0 Å². The van der Waals surface area contributed by atoms with E-state index in [0.29, 0.717) is 34.7 Å². The van der Waals surface area contributed by atoms with Gasteiger partial charge in [-0.2, -0.15) is 13.2 Å². The number of nitrogen functional groups attached to an aromatic ring is 1. The second-order valence-corrected chi connectivity index (χ2v) is 10.5. The number of aromatic nitrogens is 3. The molecule has 0 unspecified atom stereocenters. The van der Waals surface area contributed by atoms with Crippen molar-refractivity contribution in [2.24, 2.45) is 7.05 Å². The van der Waals surface area contributed by atoms with Crippen molar-refractivity contribution in [3.8, 4) is 5.69 Å². The fourth-order valence-corrected chi connectivity index (χ4v) is 5.45. The van der Waals surface area contributed by atoms with Gasteiger partial charge in [-0.15, -0.1) is 0 Å². The number of hydrogen-bond acceptors (Lipinski definition) is 5. The van der Waals surface area contributed by atoms with E-state index in [-0.39, 0.29) is 5.91 Å². The number of benzene rings is 1. The fourth-order valence-electron chi connectivity index (χ4n) is 5.45. The van der Waals surface area contributed by atoms with Gasteiger partial charge in [0.25, 0.3) is 11.5 Å². The molecule has 3 aromatic heterocycles. The number of carbonyl (C=O) groups excluding carboxylic acids is 1.